The Hall–Kier alpha value is -2.18. The van der Waals surface area contributed by atoms with Crippen molar-refractivity contribution in [3.05, 3.63) is 65.7 Å². The fourth-order valence-corrected chi connectivity index (χ4v) is 3.68. The van der Waals surface area contributed by atoms with Crippen LogP contribution in [0.5, 0.6) is 0 Å². The van der Waals surface area contributed by atoms with E-state index in [2.05, 4.69) is 10.0 Å². The second-order valence-electron chi connectivity index (χ2n) is 6.13. The third-order valence-electron chi connectivity index (χ3n) is 3.85. The summed E-state index contributed by atoms with van der Waals surface area (Å²) in [5.41, 5.74) is 1.34. The van der Waals surface area contributed by atoms with E-state index in [9.17, 15) is 13.2 Å². The van der Waals surface area contributed by atoms with E-state index in [1.807, 2.05) is 44.2 Å². The first-order chi connectivity index (χ1) is 11.8. The maximum Gasteiger partial charge on any atom is 0.251 e. The van der Waals surface area contributed by atoms with Gasteiger partial charge in [0.2, 0.25) is 10.0 Å². The summed E-state index contributed by atoms with van der Waals surface area (Å²) < 4.78 is 26.7. The molecular weight excluding hydrogens is 336 g/mol. The van der Waals surface area contributed by atoms with E-state index in [1.165, 1.54) is 12.1 Å². The minimum absolute atomic E-state index is 0.0859. The number of benzene rings is 2. The number of sulfonamides is 1. The highest BCUT2D eigenvalue weighted by molar-refractivity contribution is 7.89. The minimum atomic E-state index is -3.59. The molecule has 5 nitrogen and oxygen atoms in total. The lowest BCUT2D eigenvalue weighted by Crippen LogP contribution is -2.32. The van der Waals surface area contributed by atoms with Gasteiger partial charge in [0, 0.05) is 12.1 Å². The van der Waals surface area contributed by atoms with E-state index in [4.69, 9.17) is 0 Å². The summed E-state index contributed by atoms with van der Waals surface area (Å²) in [5.74, 6) is -0.101. The van der Waals surface area contributed by atoms with Crippen LogP contribution < -0.4 is 10.0 Å². The van der Waals surface area contributed by atoms with Crippen molar-refractivity contribution in [3.63, 3.8) is 0 Å². The maximum absolute atomic E-state index is 12.6. The van der Waals surface area contributed by atoms with Gasteiger partial charge in [0.25, 0.3) is 5.91 Å². The van der Waals surface area contributed by atoms with E-state index in [0.717, 1.165) is 5.56 Å². The van der Waals surface area contributed by atoms with Crippen LogP contribution in [0.3, 0.4) is 0 Å². The first-order valence-electron chi connectivity index (χ1n) is 8.30. The van der Waals surface area contributed by atoms with Gasteiger partial charge in [0.1, 0.15) is 0 Å². The largest absolute Gasteiger partial charge is 0.345 e. The monoisotopic (exact) mass is 360 g/mol. The van der Waals surface area contributed by atoms with Gasteiger partial charge < -0.3 is 5.32 Å². The van der Waals surface area contributed by atoms with E-state index < -0.39 is 10.0 Å². The summed E-state index contributed by atoms with van der Waals surface area (Å²) in [7, 11) is -3.59. The number of amides is 1. The van der Waals surface area contributed by atoms with Crippen LogP contribution in [0.4, 0.5) is 0 Å². The molecule has 1 atom stereocenters. The van der Waals surface area contributed by atoms with Crippen molar-refractivity contribution in [1.82, 2.24) is 10.0 Å². The molecule has 2 aromatic carbocycles. The Morgan fingerprint density at radius 3 is 2.32 bits per heavy atom. The molecule has 0 aliphatic heterocycles. The van der Waals surface area contributed by atoms with Gasteiger partial charge in [-0.1, -0.05) is 57.2 Å². The maximum atomic E-state index is 12.6. The van der Waals surface area contributed by atoms with Crippen LogP contribution in [0.2, 0.25) is 0 Å². The van der Waals surface area contributed by atoms with E-state index in [0.29, 0.717) is 12.1 Å². The van der Waals surface area contributed by atoms with Crippen molar-refractivity contribution in [2.45, 2.75) is 31.7 Å². The Kier molecular flexibility index (Phi) is 6.33. The van der Waals surface area contributed by atoms with E-state index >= 15 is 0 Å². The molecule has 1 unspecified atom stereocenters. The highest BCUT2D eigenvalue weighted by atomic mass is 32.2. The predicted molar refractivity (Wildman–Crippen MR) is 98.8 cm³/mol. The number of carbonyl (C=O) groups excluding carboxylic acids is 1. The molecule has 134 valence electrons. The molecule has 6 heteroatoms. The first kappa shape index (κ1) is 19.1. The van der Waals surface area contributed by atoms with E-state index in [-0.39, 0.29) is 22.8 Å². The van der Waals surface area contributed by atoms with Crippen molar-refractivity contribution in [2.75, 3.05) is 6.54 Å². The fourth-order valence-electron chi connectivity index (χ4n) is 2.60. The van der Waals surface area contributed by atoms with Crippen LogP contribution in [-0.2, 0) is 10.0 Å². The fraction of sp³-hybridized carbons (Fsp3) is 0.316. The molecule has 0 fully saturated rings. The summed E-state index contributed by atoms with van der Waals surface area (Å²) in [5, 5.41) is 3.01. The quantitative estimate of drug-likeness (QED) is 0.797. The number of hydrogen-bond donors (Lipinski definition) is 2. The van der Waals surface area contributed by atoms with Crippen LogP contribution in [0.25, 0.3) is 0 Å². The molecule has 2 rings (SSSR count). The minimum Gasteiger partial charge on any atom is -0.345 e. The molecule has 1 amide bonds. The predicted octanol–water partition coefficient (Wildman–Crippen LogP) is 3.11. The van der Waals surface area contributed by atoms with Crippen LogP contribution in [-0.4, -0.2) is 20.9 Å². The molecular formula is C19H24N2O3S. The topological polar surface area (TPSA) is 75.3 Å². The van der Waals surface area contributed by atoms with Crippen molar-refractivity contribution in [3.8, 4) is 0 Å². The zero-order valence-corrected chi connectivity index (χ0v) is 15.5. The molecule has 0 aliphatic rings. The molecule has 0 aliphatic carbocycles. The van der Waals surface area contributed by atoms with Crippen LogP contribution in [0.15, 0.2) is 59.5 Å². The molecule has 0 radical (unpaired) electrons. The van der Waals surface area contributed by atoms with Gasteiger partial charge in [-0.2, -0.15) is 0 Å². The molecule has 0 spiro atoms. The van der Waals surface area contributed by atoms with Gasteiger partial charge in [0.15, 0.2) is 0 Å². The Bertz CT molecular complexity index is 818. The molecule has 0 bridgehead atoms. The third kappa shape index (κ3) is 4.90. The Morgan fingerprint density at radius 1 is 1.04 bits per heavy atom. The third-order valence-corrected chi connectivity index (χ3v) is 5.40. The van der Waals surface area contributed by atoms with Crippen LogP contribution in [0, 0.1) is 5.92 Å². The second kappa shape index (κ2) is 8.27. The first-order valence-corrected chi connectivity index (χ1v) is 9.79. The Labute approximate surface area is 149 Å². The molecule has 0 heterocycles. The summed E-state index contributed by atoms with van der Waals surface area (Å²) in [6.45, 7) is 6.07. The normalized spacial score (nSPS) is 12.8. The van der Waals surface area contributed by atoms with Gasteiger partial charge in [-0.15, -0.1) is 0 Å². The van der Waals surface area contributed by atoms with Gasteiger partial charge in [0.05, 0.1) is 10.9 Å². The number of rotatable bonds is 7. The average molecular weight is 360 g/mol. The molecule has 0 saturated carbocycles. The highest BCUT2D eigenvalue weighted by Crippen LogP contribution is 2.22. The number of hydrogen-bond acceptors (Lipinski definition) is 3. The Balaban J connectivity index is 2.25. The van der Waals surface area contributed by atoms with Crippen LogP contribution >= 0.6 is 0 Å². The van der Waals surface area contributed by atoms with Crippen molar-refractivity contribution < 1.29 is 13.2 Å². The lowest BCUT2D eigenvalue weighted by atomic mass is 9.95. The lowest BCUT2D eigenvalue weighted by Gasteiger charge is -2.23. The number of carbonyl (C=O) groups is 1. The zero-order chi connectivity index (χ0) is 18.4. The number of nitrogens with one attached hydrogen (secondary N) is 2. The molecule has 2 N–H and O–H groups in total. The smallest absolute Gasteiger partial charge is 0.251 e. The summed E-state index contributed by atoms with van der Waals surface area (Å²) >= 11 is 0. The summed E-state index contributed by atoms with van der Waals surface area (Å²) in [4.78, 5) is 12.7. The average Bonchev–Trinajstić information content (AvgIpc) is 2.60. The second-order valence-corrected chi connectivity index (χ2v) is 7.90. The van der Waals surface area contributed by atoms with Crippen molar-refractivity contribution in [1.29, 1.82) is 0 Å². The van der Waals surface area contributed by atoms with Gasteiger partial charge in [-0.25, -0.2) is 13.1 Å². The molecule has 0 aromatic heterocycles. The Morgan fingerprint density at radius 2 is 1.72 bits per heavy atom. The van der Waals surface area contributed by atoms with Gasteiger partial charge in [-0.05, 0) is 29.7 Å². The van der Waals surface area contributed by atoms with Gasteiger partial charge in [-0.3, -0.25) is 4.79 Å². The summed E-state index contributed by atoms with van der Waals surface area (Å²) in [6, 6.07) is 15.6. The molecule has 0 saturated heterocycles. The van der Waals surface area contributed by atoms with Crippen LogP contribution in [0.1, 0.15) is 42.7 Å². The van der Waals surface area contributed by atoms with Crippen molar-refractivity contribution in [2.24, 2.45) is 5.92 Å². The standard InChI is InChI=1S/C19H24N2O3S/c1-4-20-25(23,24)17-12-8-11-16(13-17)19(22)21-18(14(2)3)15-9-6-5-7-10-15/h5-14,18,20H,4H2,1-3H3,(H,21,22). The summed E-state index contributed by atoms with van der Waals surface area (Å²) in [6.07, 6.45) is 0. The zero-order valence-electron chi connectivity index (χ0n) is 14.7. The van der Waals surface area contributed by atoms with Crippen molar-refractivity contribution >= 4 is 15.9 Å². The molecule has 25 heavy (non-hydrogen) atoms. The lowest BCUT2D eigenvalue weighted by molar-refractivity contribution is 0.0925. The highest BCUT2D eigenvalue weighted by Gasteiger charge is 2.20. The molecule has 2 aromatic rings. The SMILES string of the molecule is CCNS(=O)(=O)c1cccc(C(=O)NC(c2ccccc2)C(C)C)c1. The van der Waals surface area contributed by atoms with E-state index in [1.54, 1.807) is 19.1 Å². The van der Waals surface area contributed by atoms with Gasteiger partial charge >= 0.3 is 0 Å².